The van der Waals surface area contributed by atoms with Crippen molar-refractivity contribution in [3.05, 3.63) is 11.1 Å². The van der Waals surface area contributed by atoms with Crippen molar-refractivity contribution in [2.45, 2.75) is 45.4 Å². The average molecular weight is 296 g/mol. The Kier molecular flexibility index (Phi) is 4.75. The topological polar surface area (TPSA) is 68.3 Å². The lowest BCUT2D eigenvalue weighted by molar-refractivity contribution is -0.139. The zero-order chi connectivity index (χ0) is 14.6. The van der Waals surface area contributed by atoms with Gasteiger partial charge in [0.15, 0.2) is 5.13 Å². The van der Waals surface area contributed by atoms with E-state index in [1.165, 1.54) is 18.4 Å². The zero-order valence-corrected chi connectivity index (χ0v) is 12.7. The molecule has 1 fully saturated rings. The first-order valence-electron chi connectivity index (χ1n) is 6.92. The summed E-state index contributed by atoms with van der Waals surface area (Å²) in [7, 11) is 1.35. The minimum atomic E-state index is -0.325. The Bertz CT molecular complexity index is 492. The maximum atomic E-state index is 12.4. The third-order valence-electron chi connectivity index (χ3n) is 4.04. The lowest BCUT2D eigenvalue weighted by atomic mass is 9.82. The molecule has 0 unspecified atom stereocenters. The molecule has 1 aromatic heterocycles. The SMILES string of the molecule is CCC1(C(=O)Nc2nc(CC(=O)OC)cs2)CCCC1. The van der Waals surface area contributed by atoms with Crippen LogP contribution in [0, 0.1) is 5.41 Å². The van der Waals surface area contributed by atoms with Gasteiger partial charge in [-0.1, -0.05) is 19.8 Å². The summed E-state index contributed by atoms with van der Waals surface area (Å²) < 4.78 is 4.60. The van der Waals surface area contributed by atoms with Crippen molar-refractivity contribution < 1.29 is 14.3 Å². The number of hydrogen-bond donors (Lipinski definition) is 1. The molecule has 1 amide bonds. The van der Waals surface area contributed by atoms with E-state index in [-0.39, 0.29) is 23.7 Å². The van der Waals surface area contributed by atoms with Gasteiger partial charge in [0.25, 0.3) is 0 Å². The van der Waals surface area contributed by atoms with Crippen molar-refractivity contribution in [3.8, 4) is 0 Å². The van der Waals surface area contributed by atoms with Gasteiger partial charge in [-0.15, -0.1) is 11.3 Å². The summed E-state index contributed by atoms with van der Waals surface area (Å²) in [4.78, 5) is 27.9. The molecule has 20 heavy (non-hydrogen) atoms. The summed E-state index contributed by atoms with van der Waals surface area (Å²) in [6.07, 6.45) is 5.14. The van der Waals surface area contributed by atoms with E-state index in [2.05, 4.69) is 22.0 Å². The number of amides is 1. The fourth-order valence-electron chi connectivity index (χ4n) is 2.69. The molecule has 110 valence electrons. The van der Waals surface area contributed by atoms with E-state index in [0.717, 1.165) is 32.1 Å². The Morgan fingerprint density at radius 3 is 2.75 bits per heavy atom. The Hall–Kier alpha value is -1.43. The number of aromatic nitrogens is 1. The maximum absolute atomic E-state index is 12.4. The van der Waals surface area contributed by atoms with Crippen LogP contribution in [0.2, 0.25) is 0 Å². The first-order chi connectivity index (χ1) is 9.59. The quantitative estimate of drug-likeness (QED) is 0.848. The minimum absolute atomic E-state index is 0.0662. The average Bonchev–Trinajstić information content (AvgIpc) is 3.08. The Balaban J connectivity index is 1.99. The number of rotatable bonds is 5. The monoisotopic (exact) mass is 296 g/mol. The van der Waals surface area contributed by atoms with Crippen molar-refractivity contribution in [1.29, 1.82) is 0 Å². The van der Waals surface area contributed by atoms with Crippen LogP contribution in [-0.4, -0.2) is 24.0 Å². The van der Waals surface area contributed by atoms with Gasteiger partial charge in [-0.25, -0.2) is 4.98 Å². The Morgan fingerprint density at radius 1 is 1.45 bits per heavy atom. The number of methoxy groups -OCH3 is 1. The smallest absolute Gasteiger partial charge is 0.311 e. The number of thiazole rings is 1. The lowest BCUT2D eigenvalue weighted by Crippen LogP contribution is -2.33. The van der Waals surface area contributed by atoms with Crippen LogP contribution in [0.15, 0.2) is 5.38 Å². The second kappa shape index (κ2) is 6.35. The summed E-state index contributed by atoms with van der Waals surface area (Å²) in [5.41, 5.74) is 0.405. The van der Waals surface area contributed by atoms with Gasteiger partial charge in [-0.3, -0.25) is 9.59 Å². The largest absolute Gasteiger partial charge is 0.469 e. The van der Waals surface area contributed by atoms with E-state index in [9.17, 15) is 9.59 Å². The van der Waals surface area contributed by atoms with Gasteiger partial charge >= 0.3 is 5.97 Å². The summed E-state index contributed by atoms with van der Waals surface area (Å²) in [6, 6.07) is 0. The van der Waals surface area contributed by atoms with Crippen LogP contribution >= 0.6 is 11.3 Å². The van der Waals surface area contributed by atoms with E-state index in [1.807, 2.05) is 0 Å². The minimum Gasteiger partial charge on any atom is -0.469 e. The molecule has 2 rings (SSSR count). The number of ether oxygens (including phenoxy) is 1. The highest BCUT2D eigenvalue weighted by atomic mass is 32.1. The van der Waals surface area contributed by atoms with Gasteiger partial charge in [0.05, 0.1) is 19.2 Å². The fraction of sp³-hybridized carbons (Fsp3) is 0.643. The van der Waals surface area contributed by atoms with Crippen molar-refractivity contribution in [3.63, 3.8) is 0 Å². The molecule has 0 aliphatic heterocycles. The molecule has 1 N–H and O–H groups in total. The first kappa shape index (κ1) is 15.0. The van der Waals surface area contributed by atoms with Crippen LogP contribution in [-0.2, 0) is 20.7 Å². The molecule has 5 nitrogen and oxygen atoms in total. The van der Waals surface area contributed by atoms with Gasteiger partial charge in [-0.05, 0) is 19.3 Å². The molecule has 6 heteroatoms. The summed E-state index contributed by atoms with van der Waals surface area (Å²) in [5.74, 6) is -0.259. The van der Waals surface area contributed by atoms with Gasteiger partial charge < -0.3 is 10.1 Å². The third kappa shape index (κ3) is 3.17. The summed E-state index contributed by atoms with van der Waals surface area (Å²) in [6.45, 7) is 2.06. The molecule has 0 aromatic carbocycles. The highest BCUT2D eigenvalue weighted by Gasteiger charge is 2.39. The summed E-state index contributed by atoms with van der Waals surface area (Å²) in [5, 5.41) is 5.24. The second-order valence-corrected chi connectivity index (χ2v) is 6.05. The number of carbonyl (C=O) groups excluding carboxylic acids is 2. The number of carbonyl (C=O) groups is 2. The molecule has 0 bridgehead atoms. The predicted octanol–water partition coefficient (Wildman–Crippen LogP) is 2.77. The van der Waals surface area contributed by atoms with E-state index < -0.39 is 0 Å². The molecule has 0 atom stereocenters. The fourth-order valence-corrected chi connectivity index (χ4v) is 3.39. The lowest BCUT2D eigenvalue weighted by Gasteiger charge is -2.25. The number of hydrogen-bond acceptors (Lipinski definition) is 5. The first-order valence-corrected chi connectivity index (χ1v) is 7.80. The number of esters is 1. The molecule has 0 radical (unpaired) electrons. The van der Waals surface area contributed by atoms with Crippen molar-refractivity contribution in [2.24, 2.45) is 5.41 Å². The molecule has 1 aliphatic carbocycles. The normalized spacial score (nSPS) is 16.9. The Labute approximate surface area is 122 Å². The van der Waals surface area contributed by atoms with Gasteiger partial charge in [-0.2, -0.15) is 0 Å². The molecule has 1 aromatic rings. The zero-order valence-electron chi connectivity index (χ0n) is 11.9. The van der Waals surface area contributed by atoms with Gasteiger partial charge in [0, 0.05) is 10.8 Å². The van der Waals surface area contributed by atoms with Crippen molar-refractivity contribution in [1.82, 2.24) is 4.98 Å². The van der Waals surface area contributed by atoms with Crippen molar-refractivity contribution >= 4 is 28.3 Å². The van der Waals surface area contributed by atoms with Crippen LogP contribution in [0.3, 0.4) is 0 Å². The highest BCUT2D eigenvalue weighted by Crippen LogP contribution is 2.41. The van der Waals surface area contributed by atoms with Crippen molar-refractivity contribution in [2.75, 3.05) is 12.4 Å². The van der Waals surface area contributed by atoms with Crippen LogP contribution in [0.5, 0.6) is 0 Å². The number of nitrogens with zero attached hydrogens (tertiary/aromatic N) is 1. The number of anilines is 1. The Morgan fingerprint density at radius 2 is 2.15 bits per heavy atom. The molecule has 0 saturated heterocycles. The van der Waals surface area contributed by atoms with Crippen LogP contribution in [0.25, 0.3) is 0 Å². The number of nitrogens with one attached hydrogen (secondary N) is 1. The van der Waals surface area contributed by atoms with E-state index in [0.29, 0.717) is 10.8 Å². The molecule has 1 heterocycles. The van der Waals surface area contributed by atoms with Crippen LogP contribution in [0.4, 0.5) is 5.13 Å². The van der Waals surface area contributed by atoms with Gasteiger partial charge in [0.1, 0.15) is 0 Å². The third-order valence-corrected chi connectivity index (χ3v) is 4.85. The predicted molar refractivity (Wildman–Crippen MR) is 77.7 cm³/mol. The molecular formula is C14H20N2O3S. The maximum Gasteiger partial charge on any atom is 0.311 e. The van der Waals surface area contributed by atoms with E-state index in [4.69, 9.17) is 0 Å². The highest BCUT2D eigenvalue weighted by molar-refractivity contribution is 7.13. The summed E-state index contributed by atoms with van der Waals surface area (Å²) >= 11 is 1.35. The molecular weight excluding hydrogens is 276 g/mol. The van der Waals surface area contributed by atoms with Crippen LogP contribution in [0.1, 0.15) is 44.7 Å². The van der Waals surface area contributed by atoms with Gasteiger partial charge in [0.2, 0.25) is 5.91 Å². The molecule has 0 spiro atoms. The molecule has 1 saturated carbocycles. The second-order valence-electron chi connectivity index (χ2n) is 5.19. The standard InChI is InChI=1S/C14H20N2O3S/c1-3-14(6-4-5-7-14)12(18)16-13-15-10(9-20-13)8-11(17)19-2/h9H,3-8H2,1-2H3,(H,15,16,18). The van der Waals surface area contributed by atoms with E-state index >= 15 is 0 Å². The molecule has 1 aliphatic rings. The van der Waals surface area contributed by atoms with Crippen LogP contribution < -0.4 is 5.32 Å². The van der Waals surface area contributed by atoms with E-state index in [1.54, 1.807) is 5.38 Å².